The molecule has 68 valence electrons. The van der Waals surface area contributed by atoms with E-state index in [1.165, 1.54) is 37.8 Å². The van der Waals surface area contributed by atoms with Gasteiger partial charge in [-0.05, 0) is 43.2 Å². The fourth-order valence-electron chi connectivity index (χ4n) is 2.81. The normalized spacial score (nSPS) is 24.5. The van der Waals surface area contributed by atoms with Crippen LogP contribution in [-0.2, 0) is 13.0 Å². The van der Waals surface area contributed by atoms with Crippen LogP contribution in [0.3, 0.4) is 0 Å². The zero-order valence-electron chi connectivity index (χ0n) is 7.62. The lowest BCUT2D eigenvalue weighted by atomic mass is 9.97. The summed E-state index contributed by atoms with van der Waals surface area (Å²) in [6, 6.07) is 2.10. The van der Waals surface area contributed by atoms with Gasteiger partial charge in [0.2, 0.25) is 0 Å². The Morgan fingerprint density at radius 3 is 3.23 bits per heavy atom. The van der Waals surface area contributed by atoms with Gasteiger partial charge in [0, 0.05) is 22.9 Å². The molecule has 1 aromatic heterocycles. The fraction of sp³-hybridized carbons (Fsp3) is 0.545. The Labute approximate surface area is 83.4 Å². The van der Waals surface area contributed by atoms with Crippen LogP contribution < -0.4 is 0 Å². The van der Waals surface area contributed by atoms with E-state index in [1.54, 1.807) is 5.69 Å². The van der Waals surface area contributed by atoms with Crippen LogP contribution in [0, 0.1) is 4.51 Å². The molecule has 2 heteroatoms. The van der Waals surface area contributed by atoms with Gasteiger partial charge in [-0.25, -0.2) is 0 Å². The van der Waals surface area contributed by atoms with E-state index in [0.717, 1.165) is 10.4 Å². The van der Waals surface area contributed by atoms with Crippen LogP contribution in [0.1, 0.15) is 36.4 Å². The highest BCUT2D eigenvalue weighted by Crippen LogP contribution is 2.39. The Kier molecular flexibility index (Phi) is 1.59. The highest BCUT2D eigenvalue weighted by Gasteiger charge is 2.28. The minimum Gasteiger partial charge on any atom is -0.351 e. The summed E-state index contributed by atoms with van der Waals surface area (Å²) >= 11 is 5.35. The second-order valence-corrected chi connectivity index (χ2v) is 4.55. The van der Waals surface area contributed by atoms with Crippen molar-refractivity contribution in [3.63, 3.8) is 0 Å². The molecule has 1 atom stereocenters. The molecule has 0 amide bonds. The van der Waals surface area contributed by atoms with Crippen molar-refractivity contribution in [2.75, 3.05) is 0 Å². The van der Waals surface area contributed by atoms with Crippen molar-refractivity contribution in [3.05, 3.63) is 28.0 Å². The van der Waals surface area contributed by atoms with Gasteiger partial charge in [0.1, 0.15) is 0 Å². The number of nitrogens with zero attached hydrogens (tertiary/aromatic N) is 1. The predicted molar refractivity (Wildman–Crippen MR) is 55.6 cm³/mol. The quantitative estimate of drug-likeness (QED) is 0.571. The largest absolute Gasteiger partial charge is 0.351 e. The summed E-state index contributed by atoms with van der Waals surface area (Å²) in [5.74, 6) is 0.826. The molecule has 1 nitrogen and oxygen atoms in total. The van der Waals surface area contributed by atoms with Crippen molar-refractivity contribution in [3.8, 4) is 0 Å². The first kappa shape index (κ1) is 7.74. The fourth-order valence-corrected chi connectivity index (χ4v) is 3.08. The van der Waals surface area contributed by atoms with Crippen LogP contribution in [0.15, 0.2) is 12.3 Å². The number of aryl methyl sites for hydroxylation is 1. The summed E-state index contributed by atoms with van der Waals surface area (Å²) in [5, 5.41) is 0. The molecule has 2 heterocycles. The van der Waals surface area contributed by atoms with Crippen molar-refractivity contribution >= 4 is 12.2 Å². The molecule has 3 rings (SSSR count). The van der Waals surface area contributed by atoms with Gasteiger partial charge in [-0.1, -0.05) is 12.2 Å². The standard InChI is InChI=1S/C11H13NS/c13-10-5-7-12-6-1-2-8-3-4-9(10)11(8)12/h5,7-8H,1-4,6H2. The lowest BCUT2D eigenvalue weighted by molar-refractivity contribution is 0.455. The van der Waals surface area contributed by atoms with Gasteiger partial charge in [-0.3, -0.25) is 0 Å². The van der Waals surface area contributed by atoms with Crippen molar-refractivity contribution in [1.82, 2.24) is 4.57 Å². The van der Waals surface area contributed by atoms with E-state index in [4.69, 9.17) is 12.2 Å². The summed E-state index contributed by atoms with van der Waals surface area (Å²) < 4.78 is 3.52. The zero-order valence-corrected chi connectivity index (χ0v) is 8.44. The molecule has 1 aromatic rings. The van der Waals surface area contributed by atoms with Gasteiger partial charge in [0.25, 0.3) is 0 Å². The van der Waals surface area contributed by atoms with E-state index in [0.29, 0.717) is 0 Å². The van der Waals surface area contributed by atoms with E-state index >= 15 is 0 Å². The minimum absolute atomic E-state index is 0.826. The molecule has 0 spiro atoms. The number of pyridine rings is 1. The highest BCUT2D eigenvalue weighted by molar-refractivity contribution is 7.71. The average Bonchev–Trinajstić information content (AvgIpc) is 2.57. The lowest BCUT2D eigenvalue weighted by Gasteiger charge is -2.24. The number of rotatable bonds is 0. The molecule has 2 aliphatic rings. The predicted octanol–water partition coefficient (Wildman–Crippen LogP) is 3.04. The third-order valence-corrected chi connectivity index (χ3v) is 3.79. The van der Waals surface area contributed by atoms with E-state index in [9.17, 15) is 0 Å². The van der Waals surface area contributed by atoms with Gasteiger partial charge < -0.3 is 4.57 Å². The molecule has 0 radical (unpaired) electrons. The Morgan fingerprint density at radius 2 is 2.31 bits per heavy atom. The first-order valence-corrected chi connectivity index (χ1v) is 5.49. The van der Waals surface area contributed by atoms with Crippen molar-refractivity contribution in [2.45, 2.75) is 38.1 Å². The molecule has 0 aromatic carbocycles. The van der Waals surface area contributed by atoms with Crippen LogP contribution in [0.4, 0.5) is 0 Å². The van der Waals surface area contributed by atoms with E-state index in [-0.39, 0.29) is 0 Å². The summed E-state index contributed by atoms with van der Waals surface area (Å²) in [5.41, 5.74) is 3.04. The zero-order chi connectivity index (χ0) is 8.84. The van der Waals surface area contributed by atoms with Crippen LogP contribution in [0.25, 0.3) is 0 Å². The van der Waals surface area contributed by atoms with Crippen molar-refractivity contribution < 1.29 is 0 Å². The van der Waals surface area contributed by atoms with E-state index in [2.05, 4.69) is 16.8 Å². The van der Waals surface area contributed by atoms with Gasteiger partial charge in [0.05, 0.1) is 0 Å². The maximum absolute atomic E-state index is 5.35. The maximum atomic E-state index is 5.35. The van der Waals surface area contributed by atoms with Crippen LogP contribution in [-0.4, -0.2) is 4.57 Å². The molecule has 0 saturated carbocycles. The van der Waals surface area contributed by atoms with Crippen LogP contribution in [0.2, 0.25) is 0 Å². The first-order valence-electron chi connectivity index (χ1n) is 5.08. The van der Waals surface area contributed by atoms with E-state index < -0.39 is 0 Å². The topological polar surface area (TPSA) is 4.93 Å². The van der Waals surface area contributed by atoms with Gasteiger partial charge in [-0.15, -0.1) is 0 Å². The second kappa shape index (κ2) is 2.68. The molecule has 0 N–H and O–H groups in total. The minimum atomic E-state index is 0.826. The molecular formula is C11H13NS. The first-order chi connectivity index (χ1) is 6.36. The Morgan fingerprint density at radius 1 is 1.38 bits per heavy atom. The number of hydrogen-bond donors (Lipinski definition) is 0. The van der Waals surface area contributed by atoms with Gasteiger partial charge in [0.15, 0.2) is 0 Å². The molecule has 0 saturated heterocycles. The SMILES string of the molecule is S=c1ccn2c3c1CCC3CCC2. The van der Waals surface area contributed by atoms with Gasteiger partial charge >= 0.3 is 0 Å². The maximum Gasteiger partial charge on any atom is 0.0441 e. The van der Waals surface area contributed by atoms with Crippen LogP contribution in [0.5, 0.6) is 0 Å². The van der Waals surface area contributed by atoms with E-state index in [1.807, 2.05) is 0 Å². The van der Waals surface area contributed by atoms with Gasteiger partial charge in [-0.2, -0.15) is 0 Å². The molecule has 1 aliphatic carbocycles. The monoisotopic (exact) mass is 191 g/mol. The third-order valence-electron chi connectivity index (χ3n) is 3.40. The molecule has 1 aliphatic heterocycles. The van der Waals surface area contributed by atoms with Crippen LogP contribution >= 0.6 is 12.2 Å². The van der Waals surface area contributed by atoms with Crippen molar-refractivity contribution in [1.29, 1.82) is 0 Å². The summed E-state index contributed by atoms with van der Waals surface area (Å²) in [4.78, 5) is 0. The number of hydrogen-bond acceptors (Lipinski definition) is 1. The summed E-state index contributed by atoms with van der Waals surface area (Å²) in [6.45, 7) is 1.20. The van der Waals surface area contributed by atoms with Crippen molar-refractivity contribution in [2.24, 2.45) is 0 Å². The average molecular weight is 191 g/mol. The summed E-state index contributed by atoms with van der Waals surface area (Å²) in [7, 11) is 0. The molecular weight excluding hydrogens is 178 g/mol. The Balaban J connectivity index is 2.31. The highest BCUT2D eigenvalue weighted by atomic mass is 32.1. The second-order valence-electron chi connectivity index (χ2n) is 4.12. The molecule has 0 fully saturated rings. The molecule has 1 unspecified atom stereocenters. The smallest absolute Gasteiger partial charge is 0.0441 e. The molecule has 13 heavy (non-hydrogen) atoms. The third kappa shape index (κ3) is 1.01. The lowest BCUT2D eigenvalue weighted by Crippen LogP contribution is -2.14. The Hall–Kier alpha value is -0.630. The number of aromatic nitrogens is 1. The molecule has 0 bridgehead atoms. The summed E-state index contributed by atoms with van der Waals surface area (Å²) in [6.07, 6.45) is 7.46. The Bertz CT molecular complexity index is 405.